The maximum Gasteiger partial charge on any atom is 0.242 e. The van der Waals surface area contributed by atoms with Crippen LogP contribution in [0.4, 0.5) is 5.69 Å². The molecule has 0 spiro atoms. The van der Waals surface area contributed by atoms with E-state index >= 15 is 0 Å². The minimum absolute atomic E-state index is 0.283. The molecule has 0 aromatic heterocycles. The molecule has 0 atom stereocenters. The number of benzene rings is 1. The lowest BCUT2D eigenvalue weighted by atomic mass is 10.3. The van der Waals surface area contributed by atoms with Crippen molar-refractivity contribution in [2.75, 3.05) is 52.3 Å². The van der Waals surface area contributed by atoms with Gasteiger partial charge in [-0.25, -0.2) is 12.7 Å². The van der Waals surface area contributed by atoms with Gasteiger partial charge in [-0.05, 0) is 24.3 Å². The molecule has 0 saturated heterocycles. The Morgan fingerprint density at radius 1 is 1.15 bits per heavy atom. The molecular weight excluding hydrogens is 278 g/mol. The third kappa shape index (κ3) is 4.17. The first-order valence-corrected chi connectivity index (χ1v) is 7.84. The molecule has 2 N–H and O–H groups in total. The SMILES string of the molecule is COCCN(CCN)c1ccc(S(=O)(=O)N(C)C)cc1. The Labute approximate surface area is 121 Å². The lowest BCUT2D eigenvalue weighted by molar-refractivity contribution is 0.205. The molecule has 0 radical (unpaired) electrons. The Hall–Kier alpha value is -1.15. The van der Waals surface area contributed by atoms with Gasteiger partial charge in [0.2, 0.25) is 10.0 Å². The minimum Gasteiger partial charge on any atom is -0.383 e. The summed E-state index contributed by atoms with van der Waals surface area (Å²) in [6.45, 7) is 2.54. The van der Waals surface area contributed by atoms with E-state index in [1.165, 1.54) is 18.4 Å². The zero-order chi connectivity index (χ0) is 15.2. The van der Waals surface area contributed by atoms with Gasteiger partial charge in [0.15, 0.2) is 0 Å². The highest BCUT2D eigenvalue weighted by Crippen LogP contribution is 2.19. The van der Waals surface area contributed by atoms with Crippen molar-refractivity contribution in [3.8, 4) is 0 Å². The smallest absolute Gasteiger partial charge is 0.242 e. The molecule has 0 heterocycles. The lowest BCUT2D eigenvalue weighted by Crippen LogP contribution is -2.32. The van der Waals surface area contributed by atoms with E-state index in [4.69, 9.17) is 10.5 Å². The summed E-state index contributed by atoms with van der Waals surface area (Å²) in [5.41, 5.74) is 6.53. The Morgan fingerprint density at radius 3 is 2.20 bits per heavy atom. The largest absolute Gasteiger partial charge is 0.383 e. The standard InChI is InChI=1S/C13H23N3O3S/c1-15(2)20(17,18)13-6-4-12(5-7-13)16(9-8-14)10-11-19-3/h4-7H,8-11,14H2,1-3H3. The van der Waals surface area contributed by atoms with Gasteiger partial charge in [0.05, 0.1) is 11.5 Å². The summed E-state index contributed by atoms with van der Waals surface area (Å²) in [7, 11) is 1.30. The highest BCUT2D eigenvalue weighted by molar-refractivity contribution is 7.89. The third-order valence-electron chi connectivity index (χ3n) is 2.94. The van der Waals surface area contributed by atoms with E-state index in [0.29, 0.717) is 26.2 Å². The number of anilines is 1. The number of nitrogens with zero attached hydrogens (tertiary/aromatic N) is 2. The van der Waals surface area contributed by atoms with Gasteiger partial charge in [-0.3, -0.25) is 0 Å². The van der Waals surface area contributed by atoms with E-state index in [1.807, 2.05) is 0 Å². The fraction of sp³-hybridized carbons (Fsp3) is 0.538. The molecular formula is C13H23N3O3S. The van der Waals surface area contributed by atoms with E-state index in [-0.39, 0.29) is 4.90 Å². The van der Waals surface area contributed by atoms with Crippen molar-refractivity contribution in [3.05, 3.63) is 24.3 Å². The molecule has 6 nitrogen and oxygen atoms in total. The molecule has 1 aromatic carbocycles. The number of sulfonamides is 1. The lowest BCUT2D eigenvalue weighted by Gasteiger charge is -2.24. The van der Waals surface area contributed by atoms with Gasteiger partial charge in [-0.15, -0.1) is 0 Å². The number of hydrogen-bond acceptors (Lipinski definition) is 5. The average Bonchev–Trinajstić information content (AvgIpc) is 2.43. The fourth-order valence-corrected chi connectivity index (χ4v) is 2.67. The van der Waals surface area contributed by atoms with Crippen LogP contribution in [0.2, 0.25) is 0 Å². The summed E-state index contributed by atoms with van der Waals surface area (Å²) in [4.78, 5) is 2.35. The highest BCUT2D eigenvalue weighted by atomic mass is 32.2. The molecule has 0 aliphatic heterocycles. The first-order chi connectivity index (χ1) is 9.43. The van der Waals surface area contributed by atoms with E-state index in [1.54, 1.807) is 31.4 Å². The van der Waals surface area contributed by atoms with Crippen LogP contribution in [-0.4, -0.2) is 60.2 Å². The van der Waals surface area contributed by atoms with Crippen LogP contribution in [0.1, 0.15) is 0 Å². The van der Waals surface area contributed by atoms with E-state index in [9.17, 15) is 8.42 Å². The minimum atomic E-state index is -3.38. The fourth-order valence-electron chi connectivity index (χ4n) is 1.77. The first-order valence-electron chi connectivity index (χ1n) is 6.40. The van der Waals surface area contributed by atoms with Crippen LogP contribution >= 0.6 is 0 Å². The predicted octanol–water partition coefficient (Wildman–Crippen LogP) is 0.348. The van der Waals surface area contributed by atoms with Crippen LogP contribution in [0.15, 0.2) is 29.2 Å². The van der Waals surface area contributed by atoms with Gasteiger partial charge < -0.3 is 15.4 Å². The summed E-state index contributed by atoms with van der Waals surface area (Å²) < 4.78 is 30.2. The van der Waals surface area contributed by atoms with Crippen molar-refractivity contribution >= 4 is 15.7 Å². The second kappa shape index (κ2) is 7.58. The van der Waals surface area contributed by atoms with Crippen LogP contribution < -0.4 is 10.6 Å². The van der Waals surface area contributed by atoms with Gasteiger partial charge in [0.25, 0.3) is 0 Å². The summed E-state index contributed by atoms with van der Waals surface area (Å²) in [6, 6.07) is 6.81. The molecule has 20 heavy (non-hydrogen) atoms. The van der Waals surface area contributed by atoms with Crippen LogP contribution in [-0.2, 0) is 14.8 Å². The molecule has 0 aliphatic carbocycles. The second-order valence-corrected chi connectivity index (χ2v) is 6.70. The van der Waals surface area contributed by atoms with Gasteiger partial charge >= 0.3 is 0 Å². The quantitative estimate of drug-likeness (QED) is 0.750. The van der Waals surface area contributed by atoms with Crippen LogP contribution in [0, 0.1) is 0 Å². The van der Waals surface area contributed by atoms with Crippen molar-refractivity contribution in [3.63, 3.8) is 0 Å². The number of nitrogens with two attached hydrogens (primary N) is 1. The Kier molecular flexibility index (Phi) is 6.41. The number of rotatable bonds is 8. The number of hydrogen-bond donors (Lipinski definition) is 1. The summed E-state index contributed by atoms with van der Waals surface area (Å²) in [5.74, 6) is 0. The summed E-state index contributed by atoms with van der Waals surface area (Å²) >= 11 is 0. The molecule has 0 unspecified atom stereocenters. The maximum atomic E-state index is 12.0. The Balaban J connectivity index is 2.93. The van der Waals surface area contributed by atoms with Crippen LogP contribution in [0.25, 0.3) is 0 Å². The molecule has 0 fully saturated rings. The molecule has 1 rings (SSSR count). The first kappa shape index (κ1) is 16.9. The molecule has 114 valence electrons. The van der Waals surface area contributed by atoms with Gasteiger partial charge in [0, 0.05) is 46.5 Å². The number of ether oxygens (including phenoxy) is 1. The molecule has 0 aliphatic rings. The normalized spacial score (nSPS) is 11.8. The van der Waals surface area contributed by atoms with Crippen molar-refractivity contribution in [2.45, 2.75) is 4.90 Å². The Bertz CT molecular complexity index is 500. The number of methoxy groups -OCH3 is 1. The van der Waals surface area contributed by atoms with Gasteiger partial charge in [0.1, 0.15) is 0 Å². The predicted molar refractivity (Wildman–Crippen MR) is 80.5 cm³/mol. The topological polar surface area (TPSA) is 75.9 Å². The Morgan fingerprint density at radius 2 is 1.75 bits per heavy atom. The molecule has 1 aromatic rings. The maximum absolute atomic E-state index is 12.0. The summed E-state index contributed by atoms with van der Waals surface area (Å²) in [6.07, 6.45) is 0. The monoisotopic (exact) mass is 301 g/mol. The van der Waals surface area contributed by atoms with Gasteiger partial charge in [-0.2, -0.15) is 0 Å². The average molecular weight is 301 g/mol. The molecule has 0 bridgehead atoms. The molecule has 7 heteroatoms. The molecule has 0 amide bonds. The summed E-state index contributed by atoms with van der Waals surface area (Å²) in [5, 5.41) is 0. The van der Waals surface area contributed by atoms with Crippen molar-refractivity contribution in [2.24, 2.45) is 5.73 Å². The second-order valence-electron chi connectivity index (χ2n) is 4.55. The van der Waals surface area contributed by atoms with Crippen molar-refractivity contribution < 1.29 is 13.2 Å². The highest BCUT2D eigenvalue weighted by Gasteiger charge is 2.17. The molecule has 0 saturated carbocycles. The van der Waals surface area contributed by atoms with Crippen LogP contribution in [0.5, 0.6) is 0 Å². The zero-order valence-corrected chi connectivity index (χ0v) is 13.1. The van der Waals surface area contributed by atoms with E-state index < -0.39 is 10.0 Å². The van der Waals surface area contributed by atoms with E-state index in [0.717, 1.165) is 5.69 Å². The van der Waals surface area contributed by atoms with Crippen molar-refractivity contribution in [1.29, 1.82) is 0 Å². The van der Waals surface area contributed by atoms with Crippen molar-refractivity contribution in [1.82, 2.24) is 4.31 Å². The van der Waals surface area contributed by atoms with E-state index in [2.05, 4.69) is 4.90 Å². The third-order valence-corrected chi connectivity index (χ3v) is 4.77. The van der Waals surface area contributed by atoms with Gasteiger partial charge in [-0.1, -0.05) is 0 Å². The van der Waals surface area contributed by atoms with Crippen LogP contribution in [0.3, 0.4) is 0 Å². The zero-order valence-electron chi connectivity index (χ0n) is 12.2.